The molecule has 1 fully saturated rings. The summed E-state index contributed by atoms with van der Waals surface area (Å²) in [5.74, 6) is 1.68. The summed E-state index contributed by atoms with van der Waals surface area (Å²) in [6, 6.07) is 15.5. The van der Waals surface area contributed by atoms with Crippen molar-refractivity contribution in [3.8, 4) is 0 Å². The van der Waals surface area contributed by atoms with Gasteiger partial charge < -0.3 is 5.32 Å². The van der Waals surface area contributed by atoms with E-state index in [2.05, 4.69) is 26.2 Å². The summed E-state index contributed by atoms with van der Waals surface area (Å²) in [6.45, 7) is 0. The molecule has 0 aliphatic heterocycles. The molecule has 25 heavy (non-hydrogen) atoms. The summed E-state index contributed by atoms with van der Waals surface area (Å²) in [6.07, 6.45) is 2.32. The van der Waals surface area contributed by atoms with Gasteiger partial charge in [0.25, 0.3) is 0 Å². The Bertz CT molecular complexity index is 926. The highest BCUT2D eigenvalue weighted by molar-refractivity contribution is 9.10. The highest BCUT2D eigenvalue weighted by atomic mass is 79.9. The van der Waals surface area contributed by atoms with Gasteiger partial charge in [-0.2, -0.15) is 0 Å². The molecule has 3 aromatic rings. The van der Waals surface area contributed by atoms with Crippen LogP contribution in [0.3, 0.4) is 0 Å². The number of fused-ring (bicyclic) bond motifs is 1. The van der Waals surface area contributed by atoms with Crippen LogP contribution in [0.15, 0.2) is 58.0 Å². The Kier molecular flexibility index (Phi) is 4.72. The fraction of sp³-hybridized carbons (Fsp3) is 0.211. The number of nitrogens with one attached hydrogen (secondary N) is 1. The maximum Gasteiger partial charge on any atom is 0.234 e. The lowest BCUT2D eigenvalue weighted by Gasteiger charge is -2.08. The van der Waals surface area contributed by atoms with E-state index in [1.165, 1.54) is 11.8 Å². The molecular formula is C19H16BrN3OS. The van der Waals surface area contributed by atoms with Crippen molar-refractivity contribution < 1.29 is 4.79 Å². The van der Waals surface area contributed by atoms with Crippen LogP contribution in [0.5, 0.6) is 0 Å². The fourth-order valence-electron chi connectivity index (χ4n) is 2.56. The van der Waals surface area contributed by atoms with Crippen LogP contribution >= 0.6 is 27.7 Å². The topological polar surface area (TPSA) is 54.9 Å². The molecule has 1 aliphatic carbocycles. The quantitative estimate of drug-likeness (QED) is 0.472. The number of hydrogen-bond donors (Lipinski definition) is 1. The fourth-order valence-corrected chi connectivity index (χ4v) is 3.65. The molecule has 0 unspecified atom stereocenters. The molecule has 6 heteroatoms. The molecule has 1 aromatic heterocycles. The number of anilines is 1. The number of rotatable bonds is 5. The van der Waals surface area contributed by atoms with Gasteiger partial charge in [-0.25, -0.2) is 9.97 Å². The lowest BCUT2D eigenvalue weighted by molar-refractivity contribution is -0.113. The maximum atomic E-state index is 12.3. The Labute approximate surface area is 158 Å². The second-order valence-corrected chi connectivity index (χ2v) is 7.90. The highest BCUT2D eigenvalue weighted by Crippen LogP contribution is 2.39. The van der Waals surface area contributed by atoms with Crippen molar-refractivity contribution in [3.05, 3.63) is 58.8 Å². The van der Waals surface area contributed by atoms with Crippen molar-refractivity contribution >= 4 is 50.2 Å². The Balaban J connectivity index is 1.50. The number of para-hydroxylation sites is 1. The van der Waals surface area contributed by atoms with E-state index < -0.39 is 0 Å². The van der Waals surface area contributed by atoms with E-state index in [0.717, 1.165) is 44.8 Å². The number of carbonyl (C=O) groups excluding carboxylic acids is 1. The van der Waals surface area contributed by atoms with Crippen LogP contribution in [0.4, 0.5) is 5.69 Å². The Morgan fingerprint density at radius 3 is 2.64 bits per heavy atom. The van der Waals surface area contributed by atoms with Crippen molar-refractivity contribution in [2.24, 2.45) is 0 Å². The number of carbonyl (C=O) groups is 1. The number of nitrogens with zero attached hydrogens (tertiary/aromatic N) is 2. The molecule has 1 saturated carbocycles. The molecule has 1 N–H and O–H groups in total. The molecule has 126 valence electrons. The second-order valence-electron chi connectivity index (χ2n) is 6.02. The maximum absolute atomic E-state index is 12.3. The minimum absolute atomic E-state index is 0.0389. The van der Waals surface area contributed by atoms with Gasteiger partial charge in [0.2, 0.25) is 5.91 Å². The van der Waals surface area contributed by atoms with Gasteiger partial charge in [0.1, 0.15) is 10.9 Å². The Morgan fingerprint density at radius 1 is 1.12 bits per heavy atom. The van der Waals surface area contributed by atoms with Gasteiger partial charge in [-0.15, -0.1) is 0 Å². The van der Waals surface area contributed by atoms with Crippen molar-refractivity contribution in [2.75, 3.05) is 11.1 Å². The molecule has 1 heterocycles. The Hall–Kier alpha value is -1.92. The van der Waals surface area contributed by atoms with Gasteiger partial charge in [0.05, 0.1) is 11.3 Å². The van der Waals surface area contributed by atoms with E-state index in [9.17, 15) is 4.79 Å². The van der Waals surface area contributed by atoms with Gasteiger partial charge in [-0.3, -0.25) is 4.79 Å². The number of benzene rings is 2. The molecule has 0 radical (unpaired) electrons. The summed E-state index contributed by atoms with van der Waals surface area (Å²) in [5.41, 5.74) is 1.75. The molecule has 0 spiro atoms. The van der Waals surface area contributed by atoms with Crippen LogP contribution in [-0.4, -0.2) is 21.6 Å². The average molecular weight is 414 g/mol. The molecular weight excluding hydrogens is 398 g/mol. The van der Waals surface area contributed by atoms with E-state index >= 15 is 0 Å². The summed E-state index contributed by atoms with van der Waals surface area (Å²) in [4.78, 5) is 21.6. The number of amides is 1. The minimum Gasteiger partial charge on any atom is -0.325 e. The second kappa shape index (κ2) is 7.14. The normalized spacial score (nSPS) is 13.8. The third kappa shape index (κ3) is 4.02. The first kappa shape index (κ1) is 16.5. The predicted octanol–water partition coefficient (Wildman–Crippen LogP) is 5.00. The van der Waals surface area contributed by atoms with E-state index in [1.807, 2.05) is 48.5 Å². The lowest BCUT2D eigenvalue weighted by atomic mass is 10.2. The lowest BCUT2D eigenvalue weighted by Crippen LogP contribution is -2.14. The van der Waals surface area contributed by atoms with E-state index in [0.29, 0.717) is 11.7 Å². The number of hydrogen-bond acceptors (Lipinski definition) is 4. The first-order valence-electron chi connectivity index (χ1n) is 8.14. The third-order valence-corrected chi connectivity index (χ3v) is 5.52. The molecule has 0 atom stereocenters. The van der Waals surface area contributed by atoms with Gasteiger partial charge in [-0.1, -0.05) is 45.9 Å². The zero-order chi connectivity index (χ0) is 17.2. The third-order valence-electron chi connectivity index (χ3n) is 4.00. The number of halogens is 1. The van der Waals surface area contributed by atoms with Crippen molar-refractivity contribution in [1.82, 2.24) is 9.97 Å². The van der Waals surface area contributed by atoms with Crippen LogP contribution in [0.25, 0.3) is 10.9 Å². The van der Waals surface area contributed by atoms with Gasteiger partial charge in [0.15, 0.2) is 0 Å². The van der Waals surface area contributed by atoms with Crippen molar-refractivity contribution in [3.63, 3.8) is 0 Å². The molecule has 0 saturated heterocycles. The van der Waals surface area contributed by atoms with Crippen LogP contribution in [-0.2, 0) is 4.79 Å². The Morgan fingerprint density at radius 2 is 1.88 bits per heavy atom. The van der Waals surface area contributed by atoms with Crippen molar-refractivity contribution in [2.45, 2.75) is 23.8 Å². The zero-order valence-electron chi connectivity index (χ0n) is 13.4. The predicted molar refractivity (Wildman–Crippen MR) is 105 cm³/mol. The molecule has 2 aromatic carbocycles. The van der Waals surface area contributed by atoms with Crippen LogP contribution < -0.4 is 5.32 Å². The van der Waals surface area contributed by atoms with Crippen molar-refractivity contribution in [1.29, 1.82) is 0 Å². The van der Waals surface area contributed by atoms with Crippen LogP contribution in [0, 0.1) is 0 Å². The summed E-state index contributed by atoms with van der Waals surface area (Å²) < 4.78 is 0.986. The first-order valence-corrected chi connectivity index (χ1v) is 9.92. The molecule has 1 aliphatic rings. The summed E-state index contributed by atoms with van der Waals surface area (Å²) in [7, 11) is 0. The molecule has 1 amide bonds. The summed E-state index contributed by atoms with van der Waals surface area (Å²) >= 11 is 4.86. The summed E-state index contributed by atoms with van der Waals surface area (Å²) in [5, 5.41) is 4.81. The monoisotopic (exact) mass is 413 g/mol. The van der Waals surface area contributed by atoms with Crippen LogP contribution in [0.2, 0.25) is 0 Å². The van der Waals surface area contributed by atoms with Gasteiger partial charge in [0, 0.05) is 21.5 Å². The van der Waals surface area contributed by atoms with E-state index in [1.54, 1.807) is 0 Å². The molecule has 4 nitrogen and oxygen atoms in total. The van der Waals surface area contributed by atoms with E-state index in [-0.39, 0.29) is 5.91 Å². The smallest absolute Gasteiger partial charge is 0.234 e. The average Bonchev–Trinajstić information content (AvgIpc) is 3.46. The van der Waals surface area contributed by atoms with E-state index in [4.69, 9.17) is 4.98 Å². The first-order chi connectivity index (χ1) is 12.2. The van der Waals surface area contributed by atoms with Crippen LogP contribution in [0.1, 0.15) is 24.6 Å². The number of thioether (sulfide) groups is 1. The molecule has 0 bridgehead atoms. The SMILES string of the molecule is O=C(CSc1nc(C2CC2)nc2ccccc12)Nc1ccc(Br)cc1. The van der Waals surface area contributed by atoms with Gasteiger partial charge >= 0.3 is 0 Å². The zero-order valence-corrected chi connectivity index (χ0v) is 15.8. The van der Waals surface area contributed by atoms with Gasteiger partial charge in [-0.05, 0) is 43.2 Å². The number of aromatic nitrogens is 2. The molecule has 4 rings (SSSR count). The highest BCUT2D eigenvalue weighted by Gasteiger charge is 2.27. The standard InChI is InChI=1S/C19H16BrN3OS/c20-13-7-9-14(10-8-13)21-17(24)11-25-19-15-3-1-2-4-16(15)22-18(23-19)12-5-6-12/h1-4,7-10,12H,5-6,11H2,(H,21,24). The largest absolute Gasteiger partial charge is 0.325 e. The minimum atomic E-state index is -0.0389.